The molecular formula is C18H28N2. The van der Waals surface area contributed by atoms with Crippen LogP contribution in [0.1, 0.15) is 55.7 Å². The second kappa shape index (κ2) is 6.28. The summed E-state index contributed by atoms with van der Waals surface area (Å²) < 4.78 is 0. The molecule has 3 rings (SSSR count). The van der Waals surface area contributed by atoms with Crippen LogP contribution < -0.4 is 5.32 Å². The van der Waals surface area contributed by atoms with Crippen molar-refractivity contribution in [3.8, 4) is 0 Å². The predicted molar refractivity (Wildman–Crippen MR) is 85.1 cm³/mol. The Labute approximate surface area is 123 Å². The van der Waals surface area contributed by atoms with Crippen molar-refractivity contribution in [2.45, 2.75) is 44.6 Å². The summed E-state index contributed by atoms with van der Waals surface area (Å²) in [7, 11) is 2.07. The number of fused-ring (bicyclic) bond motifs is 1. The largest absolute Gasteiger partial charge is 0.319 e. The zero-order valence-electron chi connectivity index (χ0n) is 12.9. The second-order valence-corrected chi connectivity index (χ2v) is 6.66. The summed E-state index contributed by atoms with van der Waals surface area (Å²) in [6, 6.07) is 9.82. The highest BCUT2D eigenvalue weighted by Gasteiger charge is 2.31. The molecule has 2 aliphatic rings. The summed E-state index contributed by atoms with van der Waals surface area (Å²) in [5.74, 6) is 1.62. The quantitative estimate of drug-likeness (QED) is 0.905. The average molecular weight is 272 g/mol. The average Bonchev–Trinajstić information content (AvgIpc) is 2.49. The zero-order chi connectivity index (χ0) is 13.9. The molecule has 1 heterocycles. The highest BCUT2D eigenvalue weighted by molar-refractivity contribution is 5.35. The van der Waals surface area contributed by atoms with E-state index >= 15 is 0 Å². The van der Waals surface area contributed by atoms with Crippen molar-refractivity contribution in [3.05, 3.63) is 35.4 Å². The van der Waals surface area contributed by atoms with E-state index in [2.05, 4.69) is 48.5 Å². The van der Waals surface area contributed by atoms with Gasteiger partial charge in [-0.1, -0.05) is 31.2 Å². The Hall–Kier alpha value is -0.860. The van der Waals surface area contributed by atoms with E-state index in [0.717, 1.165) is 11.8 Å². The Balaban J connectivity index is 1.71. The van der Waals surface area contributed by atoms with Crippen LogP contribution >= 0.6 is 0 Å². The molecule has 1 aliphatic heterocycles. The van der Waals surface area contributed by atoms with Gasteiger partial charge in [0.15, 0.2) is 0 Å². The standard InChI is InChI=1S/C18H28N2/c1-14-7-8-18(17-6-4-3-5-16(14)17)20-11-9-15(10-12-20)13-19-2/h3-6,14-15,18-19H,7-13H2,1-2H3. The number of nitrogens with one attached hydrogen (secondary N) is 1. The molecule has 1 N–H and O–H groups in total. The van der Waals surface area contributed by atoms with E-state index in [9.17, 15) is 0 Å². The Bertz CT molecular complexity index is 435. The third kappa shape index (κ3) is 2.77. The minimum Gasteiger partial charge on any atom is -0.319 e. The van der Waals surface area contributed by atoms with Crippen LogP contribution in [-0.2, 0) is 0 Å². The van der Waals surface area contributed by atoms with Gasteiger partial charge in [-0.05, 0) is 75.3 Å². The molecule has 1 aliphatic carbocycles. The van der Waals surface area contributed by atoms with Gasteiger partial charge in [0.05, 0.1) is 0 Å². The summed E-state index contributed by atoms with van der Waals surface area (Å²) in [4.78, 5) is 2.75. The van der Waals surface area contributed by atoms with Gasteiger partial charge in [-0.25, -0.2) is 0 Å². The van der Waals surface area contributed by atoms with Gasteiger partial charge in [0.25, 0.3) is 0 Å². The third-order valence-corrected chi connectivity index (χ3v) is 5.34. The van der Waals surface area contributed by atoms with Gasteiger partial charge >= 0.3 is 0 Å². The molecule has 0 spiro atoms. The van der Waals surface area contributed by atoms with Crippen molar-refractivity contribution in [3.63, 3.8) is 0 Å². The van der Waals surface area contributed by atoms with Crippen molar-refractivity contribution in [2.24, 2.45) is 5.92 Å². The van der Waals surface area contributed by atoms with Crippen LogP contribution in [0.4, 0.5) is 0 Å². The SMILES string of the molecule is CNCC1CCN(C2CCC(C)c3ccccc32)CC1. The molecule has 2 atom stereocenters. The van der Waals surface area contributed by atoms with Gasteiger partial charge in [0.2, 0.25) is 0 Å². The Kier molecular flexibility index (Phi) is 4.42. The third-order valence-electron chi connectivity index (χ3n) is 5.34. The lowest BCUT2D eigenvalue weighted by Gasteiger charge is -2.41. The Morgan fingerprint density at radius 2 is 1.75 bits per heavy atom. The van der Waals surface area contributed by atoms with E-state index in [1.165, 1.54) is 45.3 Å². The van der Waals surface area contributed by atoms with E-state index in [1.54, 1.807) is 11.1 Å². The highest BCUT2D eigenvalue weighted by Crippen LogP contribution is 2.41. The summed E-state index contributed by atoms with van der Waals surface area (Å²) in [6.45, 7) is 6.12. The summed E-state index contributed by atoms with van der Waals surface area (Å²) in [5, 5.41) is 3.33. The molecule has 110 valence electrons. The first kappa shape index (κ1) is 14.1. The minimum atomic E-state index is 0.679. The molecule has 2 unspecified atom stereocenters. The first-order valence-electron chi connectivity index (χ1n) is 8.27. The molecule has 20 heavy (non-hydrogen) atoms. The number of hydrogen-bond acceptors (Lipinski definition) is 2. The molecule has 2 nitrogen and oxygen atoms in total. The summed E-state index contributed by atoms with van der Waals surface area (Å²) in [5.41, 5.74) is 3.21. The van der Waals surface area contributed by atoms with Gasteiger partial charge in [-0.3, -0.25) is 4.90 Å². The van der Waals surface area contributed by atoms with Crippen molar-refractivity contribution in [1.29, 1.82) is 0 Å². The highest BCUT2D eigenvalue weighted by atomic mass is 15.2. The van der Waals surface area contributed by atoms with E-state index in [1.807, 2.05) is 0 Å². The summed E-state index contributed by atoms with van der Waals surface area (Å²) in [6.07, 6.45) is 5.40. The molecule has 1 saturated heterocycles. The maximum Gasteiger partial charge on any atom is 0.0351 e. The number of likely N-dealkylation sites (tertiary alicyclic amines) is 1. The molecular weight excluding hydrogens is 244 g/mol. The molecule has 1 aromatic carbocycles. The number of hydrogen-bond donors (Lipinski definition) is 1. The van der Waals surface area contributed by atoms with Gasteiger partial charge in [0.1, 0.15) is 0 Å². The van der Waals surface area contributed by atoms with Gasteiger partial charge in [-0.2, -0.15) is 0 Å². The molecule has 0 aromatic heterocycles. The van der Waals surface area contributed by atoms with Crippen molar-refractivity contribution in [1.82, 2.24) is 10.2 Å². The zero-order valence-corrected chi connectivity index (χ0v) is 12.9. The van der Waals surface area contributed by atoms with Crippen LogP contribution in [0, 0.1) is 5.92 Å². The van der Waals surface area contributed by atoms with Crippen LogP contribution in [-0.4, -0.2) is 31.6 Å². The van der Waals surface area contributed by atoms with Crippen LogP contribution in [0.15, 0.2) is 24.3 Å². The van der Waals surface area contributed by atoms with Crippen LogP contribution in [0.5, 0.6) is 0 Å². The van der Waals surface area contributed by atoms with Crippen LogP contribution in [0.25, 0.3) is 0 Å². The van der Waals surface area contributed by atoms with Crippen molar-refractivity contribution >= 4 is 0 Å². The minimum absolute atomic E-state index is 0.679. The molecule has 0 radical (unpaired) electrons. The molecule has 0 amide bonds. The van der Waals surface area contributed by atoms with Gasteiger partial charge in [-0.15, -0.1) is 0 Å². The van der Waals surface area contributed by atoms with E-state index in [0.29, 0.717) is 6.04 Å². The molecule has 1 aromatic rings. The number of nitrogens with zero attached hydrogens (tertiary/aromatic N) is 1. The van der Waals surface area contributed by atoms with Crippen LogP contribution in [0.2, 0.25) is 0 Å². The van der Waals surface area contributed by atoms with E-state index in [-0.39, 0.29) is 0 Å². The Morgan fingerprint density at radius 3 is 2.45 bits per heavy atom. The fourth-order valence-corrected chi connectivity index (χ4v) is 4.12. The maximum absolute atomic E-state index is 3.33. The van der Waals surface area contributed by atoms with Gasteiger partial charge in [0, 0.05) is 6.04 Å². The fourth-order valence-electron chi connectivity index (χ4n) is 4.12. The number of piperidine rings is 1. The van der Waals surface area contributed by atoms with Crippen LogP contribution in [0.3, 0.4) is 0 Å². The lowest BCUT2D eigenvalue weighted by atomic mass is 9.79. The Morgan fingerprint density at radius 1 is 1.05 bits per heavy atom. The maximum atomic E-state index is 3.33. The van der Waals surface area contributed by atoms with E-state index < -0.39 is 0 Å². The monoisotopic (exact) mass is 272 g/mol. The first-order valence-corrected chi connectivity index (χ1v) is 8.27. The van der Waals surface area contributed by atoms with Crippen molar-refractivity contribution in [2.75, 3.05) is 26.7 Å². The first-order chi connectivity index (χ1) is 9.79. The van der Waals surface area contributed by atoms with E-state index in [4.69, 9.17) is 0 Å². The van der Waals surface area contributed by atoms with Crippen molar-refractivity contribution < 1.29 is 0 Å². The lowest BCUT2D eigenvalue weighted by molar-refractivity contribution is 0.118. The number of rotatable bonds is 3. The molecule has 0 saturated carbocycles. The van der Waals surface area contributed by atoms with Gasteiger partial charge < -0.3 is 5.32 Å². The fraction of sp³-hybridized carbons (Fsp3) is 0.667. The molecule has 0 bridgehead atoms. The summed E-state index contributed by atoms with van der Waals surface area (Å²) >= 11 is 0. The normalized spacial score (nSPS) is 28.3. The number of benzene rings is 1. The molecule has 1 fully saturated rings. The predicted octanol–water partition coefficient (Wildman–Crippen LogP) is 3.56. The topological polar surface area (TPSA) is 15.3 Å². The lowest BCUT2D eigenvalue weighted by Crippen LogP contribution is -2.40. The molecule has 2 heteroatoms. The second-order valence-electron chi connectivity index (χ2n) is 6.66. The smallest absolute Gasteiger partial charge is 0.0351 e.